The molecule has 1 N–H and O–H groups in total. The van der Waals surface area contributed by atoms with Crippen molar-refractivity contribution in [2.24, 2.45) is 0 Å². The van der Waals surface area contributed by atoms with Crippen LogP contribution in [0.25, 0.3) is 16.9 Å². The molecule has 0 unspecified atom stereocenters. The van der Waals surface area contributed by atoms with Crippen LogP contribution in [0, 0.1) is 6.92 Å². The van der Waals surface area contributed by atoms with Gasteiger partial charge in [-0.25, -0.2) is 14.5 Å². The number of nitrogens with one attached hydrogen (secondary N) is 1. The molecule has 0 amide bonds. The normalized spacial score (nSPS) is 10.6. The third kappa shape index (κ3) is 4.36. The van der Waals surface area contributed by atoms with Crippen LogP contribution < -0.4 is 24.3 Å². The number of aromatic nitrogens is 4. The predicted molar refractivity (Wildman–Crippen MR) is 130 cm³/mol. The van der Waals surface area contributed by atoms with Crippen LogP contribution in [0.1, 0.15) is 5.69 Å². The molecular weight excluding hydrogens is 434 g/mol. The SMILES string of the molecule is C=CC(=C)Oc1cccc(-c2nc(C)c3cnc(Nc4cc(OC)c(OC)c(OC)c4)nn23)c1. The lowest BCUT2D eigenvalue weighted by atomic mass is 10.2. The minimum absolute atomic E-state index is 0.368. The molecule has 4 rings (SSSR count). The van der Waals surface area contributed by atoms with Gasteiger partial charge in [0.15, 0.2) is 17.3 Å². The van der Waals surface area contributed by atoms with Gasteiger partial charge in [-0.3, -0.25) is 0 Å². The van der Waals surface area contributed by atoms with Crippen LogP contribution in [0.3, 0.4) is 0 Å². The van der Waals surface area contributed by atoms with Crippen molar-refractivity contribution in [3.63, 3.8) is 0 Å². The molecule has 0 aliphatic rings. The minimum atomic E-state index is 0.368. The van der Waals surface area contributed by atoms with Crippen molar-refractivity contribution >= 4 is 17.2 Å². The van der Waals surface area contributed by atoms with Crippen molar-refractivity contribution in [1.82, 2.24) is 19.6 Å². The first-order valence-electron chi connectivity index (χ1n) is 10.4. The van der Waals surface area contributed by atoms with E-state index in [0.29, 0.717) is 46.2 Å². The Labute approximate surface area is 197 Å². The summed E-state index contributed by atoms with van der Waals surface area (Å²) >= 11 is 0. The Balaban J connectivity index is 1.73. The molecule has 34 heavy (non-hydrogen) atoms. The van der Waals surface area contributed by atoms with Crippen molar-refractivity contribution in [2.45, 2.75) is 6.92 Å². The van der Waals surface area contributed by atoms with Gasteiger partial charge in [-0.2, -0.15) is 0 Å². The Morgan fingerprint density at radius 3 is 2.44 bits per heavy atom. The first kappa shape index (κ1) is 22.7. The lowest BCUT2D eigenvalue weighted by Gasteiger charge is -2.14. The summed E-state index contributed by atoms with van der Waals surface area (Å²) in [5.74, 6) is 3.64. The second-order valence-corrected chi connectivity index (χ2v) is 7.24. The van der Waals surface area contributed by atoms with E-state index in [9.17, 15) is 0 Å². The summed E-state index contributed by atoms with van der Waals surface area (Å²) in [5, 5.41) is 7.87. The smallest absolute Gasteiger partial charge is 0.245 e. The monoisotopic (exact) mass is 459 g/mol. The summed E-state index contributed by atoms with van der Waals surface area (Å²) in [5.41, 5.74) is 3.09. The lowest BCUT2D eigenvalue weighted by molar-refractivity contribution is 0.324. The molecule has 0 atom stereocenters. The molecule has 2 aromatic carbocycles. The molecule has 0 saturated heterocycles. The van der Waals surface area contributed by atoms with Gasteiger partial charge in [-0.1, -0.05) is 25.3 Å². The first-order chi connectivity index (χ1) is 16.5. The summed E-state index contributed by atoms with van der Waals surface area (Å²) in [6.45, 7) is 9.38. The molecule has 0 radical (unpaired) electrons. The highest BCUT2D eigenvalue weighted by Crippen LogP contribution is 2.40. The Hall–Kier alpha value is -4.53. The summed E-state index contributed by atoms with van der Waals surface area (Å²) in [7, 11) is 4.68. The molecule has 0 saturated carbocycles. The topological polar surface area (TPSA) is 92.0 Å². The number of hydrogen-bond donors (Lipinski definition) is 1. The van der Waals surface area contributed by atoms with Crippen LogP contribution in [0.15, 0.2) is 67.6 Å². The van der Waals surface area contributed by atoms with Crippen molar-refractivity contribution in [1.29, 1.82) is 0 Å². The predicted octanol–water partition coefficient (Wildman–Crippen LogP) is 4.95. The molecule has 2 heterocycles. The van der Waals surface area contributed by atoms with Crippen LogP contribution in [0.4, 0.5) is 11.6 Å². The van der Waals surface area contributed by atoms with E-state index < -0.39 is 0 Å². The van der Waals surface area contributed by atoms with Crippen molar-refractivity contribution in [3.8, 4) is 34.4 Å². The number of rotatable bonds is 9. The summed E-state index contributed by atoms with van der Waals surface area (Å²) in [6.07, 6.45) is 3.27. The van der Waals surface area contributed by atoms with Gasteiger partial charge in [-0.15, -0.1) is 5.10 Å². The van der Waals surface area contributed by atoms with Crippen LogP contribution in [-0.4, -0.2) is 40.9 Å². The second-order valence-electron chi connectivity index (χ2n) is 7.24. The number of aryl methyl sites for hydroxylation is 1. The minimum Gasteiger partial charge on any atom is -0.493 e. The number of allylic oxidation sites excluding steroid dienone is 1. The zero-order valence-electron chi connectivity index (χ0n) is 19.5. The van der Waals surface area contributed by atoms with Gasteiger partial charge in [0.25, 0.3) is 0 Å². The summed E-state index contributed by atoms with van der Waals surface area (Å²) in [6, 6.07) is 11.1. The van der Waals surface area contributed by atoms with E-state index in [4.69, 9.17) is 23.9 Å². The van der Waals surface area contributed by atoms with E-state index in [1.54, 1.807) is 50.3 Å². The number of anilines is 2. The fourth-order valence-electron chi connectivity index (χ4n) is 3.44. The van der Waals surface area contributed by atoms with E-state index in [2.05, 4.69) is 28.6 Å². The number of benzene rings is 2. The molecule has 9 heteroatoms. The maximum Gasteiger partial charge on any atom is 0.245 e. The van der Waals surface area contributed by atoms with Crippen LogP contribution in [0.5, 0.6) is 23.0 Å². The molecule has 0 fully saturated rings. The standard InChI is InChI=1S/C25H25N5O4/c1-7-15(2)34-19-10-8-9-17(11-19)24-27-16(3)20-14-26-25(29-30(20)24)28-18-12-21(31-4)23(33-6)22(13-18)32-5/h7-14H,1-2H2,3-6H3,(H,28,29). The van der Waals surface area contributed by atoms with E-state index in [1.165, 1.54) is 0 Å². The average Bonchev–Trinajstić information content (AvgIpc) is 3.19. The molecule has 2 aromatic heterocycles. The summed E-state index contributed by atoms with van der Waals surface area (Å²) < 4.78 is 23.7. The average molecular weight is 460 g/mol. The summed E-state index contributed by atoms with van der Waals surface area (Å²) in [4.78, 5) is 9.15. The molecule has 0 aliphatic heterocycles. The van der Waals surface area contributed by atoms with Gasteiger partial charge in [0, 0.05) is 23.4 Å². The van der Waals surface area contributed by atoms with Crippen molar-refractivity contribution in [3.05, 3.63) is 73.3 Å². The van der Waals surface area contributed by atoms with E-state index in [0.717, 1.165) is 16.8 Å². The number of imidazole rings is 1. The van der Waals surface area contributed by atoms with Gasteiger partial charge < -0.3 is 24.3 Å². The maximum atomic E-state index is 5.68. The van der Waals surface area contributed by atoms with Crippen LogP contribution >= 0.6 is 0 Å². The highest BCUT2D eigenvalue weighted by molar-refractivity contribution is 5.68. The van der Waals surface area contributed by atoms with E-state index >= 15 is 0 Å². The van der Waals surface area contributed by atoms with Crippen LogP contribution in [-0.2, 0) is 0 Å². The molecule has 0 aliphatic carbocycles. The first-order valence-corrected chi connectivity index (χ1v) is 10.4. The highest BCUT2D eigenvalue weighted by Gasteiger charge is 2.16. The fourth-order valence-corrected chi connectivity index (χ4v) is 3.44. The largest absolute Gasteiger partial charge is 0.493 e. The molecule has 0 spiro atoms. The van der Waals surface area contributed by atoms with Crippen LogP contribution in [0.2, 0.25) is 0 Å². The third-order valence-corrected chi connectivity index (χ3v) is 5.07. The third-order valence-electron chi connectivity index (χ3n) is 5.07. The van der Waals surface area contributed by atoms with Gasteiger partial charge in [0.1, 0.15) is 17.0 Å². The van der Waals surface area contributed by atoms with E-state index in [1.807, 2.05) is 31.2 Å². The molecule has 0 bridgehead atoms. The zero-order chi connectivity index (χ0) is 24.2. The van der Waals surface area contributed by atoms with Crippen molar-refractivity contribution in [2.75, 3.05) is 26.6 Å². The van der Waals surface area contributed by atoms with Crippen molar-refractivity contribution < 1.29 is 18.9 Å². The zero-order valence-corrected chi connectivity index (χ0v) is 19.5. The van der Waals surface area contributed by atoms with E-state index in [-0.39, 0.29) is 0 Å². The van der Waals surface area contributed by atoms with Gasteiger partial charge >= 0.3 is 0 Å². The lowest BCUT2D eigenvalue weighted by Crippen LogP contribution is -2.04. The molecule has 9 nitrogen and oxygen atoms in total. The Morgan fingerprint density at radius 2 is 1.79 bits per heavy atom. The molecular formula is C25H25N5O4. The number of hydrogen-bond acceptors (Lipinski definition) is 8. The number of nitrogens with zero attached hydrogens (tertiary/aromatic N) is 4. The highest BCUT2D eigenvalue weighted by atomic mass is 16.5. The molecule has 4 aromatic rings. The Bertz CT molecular complexity index is 1350. The van der Waals surface area contributed by atoms with Gasteiger partial charge in [0.05, 0.1) is 33.2 Å². The number of ether oxygens (including phenoxy) is 4. The van der Waals surface area contributed by atoms with Gasteiger partial charge in [0.2, 0.25) is 11.7 Å². The fraction of sp³-hybridized carbons (Fsp3) is 0.160. The Kier molecular flexibility index (Phi) is 6.35. The molecule has 174 valence electrons. The van der Waals surface area contributed by atoms with Gasteiger partial charge in [-0.05, 0) is 25.1 Å². The number of methoxy groups -OCH3 is 3. The maximum absolute atomic E-state index is 5.68. The second kappa shape index (κ2) is 9.53. The Morgan fingerprint density at radius 1 is 1.06 bits per heavy atom. The number of fused-ring (bicyclic) bond motifs is 1. The quantitative estimate of drug-likeness (QED) is 0.278.